The molecule has 2 aromatic carbocycles. The average Bonchev–Trinajstić information content (AvgIpc) is 2.98. The molecule has 0 aliphatic carbocycles. The van der Waals surface area contributed by atoms with Crippen LogP contribution in [0, 0.1) is 0 Å². The van der Waals surface area contributed by atoms with Crippen LogP contribution in [-0.4, -0.2) is 11.2 Å². The van der Waals surface area contributed by atoms with Crippen molar-refractivity contribution in [2.75, 3.05) is 6.54 Å². The first-order valence-corrected chi connectivity index (χ1v) is 17.0. The smallest absolute Gasteiger partial charge is 0.0910 e. The van der Waals surface area contributed by atoms with E-state index in [1.807, 2.05) is 0 Å². The molecule has 0 aliphatic rings. The number of azo groups is 2. The number of benzene rings is 2. The van der Waals surface area contributed by atoms with Gasteiger partial charge in [-0.25, -0.2) is 0 Å². The lowest BCUT2D eigenvalue weighted by molar-refractivity contribution is -0.519. The van der Waals surface area contributed by atoms with E-state index in [1.165, 1.54) is 119 Å². The summed E-state index contributed by atoms with van der Waals surface area (Å²) in [4.78, 5) is 0. The van der Waals surface area contributed by atoms with Crippen molar-refractivity contribution < 1.29 is 4.70 Å². The van der Waals surface area contributed by atoms with E-state index >= 15 is 0 Å². The number of hydrogen-bond acceptors (Lipinski definition) is 1. The third-order valence-electron chi connectivity index (χ3n) is 8.19. The second-order valence-corrected chi connectivity index (χ2v) is 11.6. The van der Waals surface area contributed by atoms with E-state index in [2.05, 4.69) is 88.8 Å². The van der Waals surface area contributed by atoms with Crippen LogP contribution in [0.3, 0.4) is 0 Å². The topological polar surface area (TPSA) is 15.4 Å². The summed E-state index contributed by atoms with van der Waals surface area (Å²) in [5.74, 6) is 0. The van der Waals surface area contributed by atoms with E-state index in [0.29, 0.717) is 0 Å². The Hall–Kier alpha value is -2.22. The van der Waals surface area contributed by atoms with Gasteiger partial charge < -0.3 is 0 Å². The van der Waals surface area contributed by atoms with E-state index in [4.69, 9.17) is 5.11 Å². The Kier molecular flexibility index (Phi) is 17.5. The Labute approximate surface area is 248 Å². The van der Waals surface area contributed by atoms with Crippen LogP contribution in [0.2, 0.25) is 0 Å². The zero-order chi connectivity index (χ0) is 29.0. The van der Waals surface area contributed by atoms with E-state index in [1.54, 1.807) is 11.1 Å². The molecular formula is C38H61N2+. The van der Waals surface area contributed by atoms with Gasteiger partial charge in [0.2, 0.25) is 0 Å². The molecule has 0 amide bonds. The third kappa shape index (κ3) is 12.5. The van der Waals surface area contributed by atoms with Gasteiger partial charge in [-0.2, -0.15) is 0 Å². The molecule has 0 spiro atoms. The van der Waals surface area contributed by atoms with Crippen molar-refractivity contribution in [1.82, 2.24) is 0 Å². The van der Waals surface area contributed by atoms with Gasteiger partial charge in [-0.15, -0.1) is 0 Å². The predicted molar refractivity (Wildman–Crippen MR) is 177 cm³/mol. The number of hydrogen-bond donors (Lipinski definition) is 0. The first kappa shape index (κ1) is 34.0. The minimum Gasteiger partial charge on any atom is -0.0910 e. The summed E-state index contributed by atoms with van der Waals surface area (Å²) in [5.41, 5.74) is 10.0. The second kappa shape index (κ2) is 20.6. The molecule has 2 rings (SSSR count). The molecule has 0 heterocycles. The SMILES string of the molecule is CCCCCCc1cc(C=C[N+](CC)=Nc2cc(CC)c(CCCCCC)c(CCCCCC)c2)cc(CC)c1. The molecule has 2 nitrogen and oxygen atoms in total. The molecule has 0 saturated carbocycles. The molecular weight excluding hydrogens is 484 g/mol. The van der Waals surface area contributed by atoms with E-state index in [-0.39, 0.29) is 0 Å². The fraction of sp³-hybridized carbons (Fsp3) is 0.632. The summed E-state index contributed by atoms with van der Waals surface area (Å²) in [5, 5.41) is 5.14. The van der Waals surface area contributed by atoms with Crippen LogP contribution >= 0.6 is 0 Å². The van der Waals surface area contributed by atoms with Gasteiger partial charge in [-0.3, -0.25) is 0 Å². The molecule has 0 aliphatic heterocycles. The minimum atomic E-state index is 0.861. The van der Waals surface area contributed by atoms with Crippen LogP contribution < -0.4 is 0 Å². The monoisotopic (exact) mass is 545 g/mol. The fourth-order valence-electron chi connectivity index (χ4n) is 5.69. The minimum absolute atomic E-state index is 0.861. The summed E-state index contributed by atoms with van der Waals surface area (Å²) >= 11 is 0. The van der Waals surface area contributed by atoms with Crippen molar-refractivity contribution in [3.63, 3.8) is 0 Å². The third-order valence-corrected chi connectivity index (χ3v) is 8.19. The molecule has 0 fully saturated rings. The molecule has 40 heavy (non-hydrogen) atoms. The highest BCUT2D eigenvalue weighted by molar-refractivity contribution is 5.52. The summed E-state index contributed by atoms with van der Waals surface area (Å²) in [6, 6.07) is 11.9. The van der Waals surface area contributed by atoms with E-state index < -0.39 is 0 Å². The molecule has 0 N–H and O–H groups in total. The maximum atomic E-state index is 5.14. The number of rotatable bonds is 21. The Morgan fingerprint density at radius 2 is 1.18 bits per heavy atom. The summed E-state index contributed by atoms with van der Waals surface area (Å²) in [7, 11) is 0. The first-order chi connectivity index (χ1) is 19.6. The highest BCUT2D eigenvalue weighted by atomic mass is 15.2. The quantitative estimate of drug-likeness (QED) is 0.0842. The van der Waals surface area contributed by atoms with Crippen LogP contribution in [0.4, 0.5) is 5.69 Å². The summed E-state index contributed by atoms with van der Waals surface area (Å²) in [6.45, 7) is 14.5. The van der Waals surface area contributed by atoms with Crippen molar-refractivity contribution in [1.29, 1.82) is 0 Å². The number of aryl methyl sites for hydroxylation is 4. The normalized spacial score (nSPS) is 12.1. The molecule has 0 aromatic heterocycles. The zero-order valence-corrected chi connectivity index (χ0v) is 27.2. The predicted octanol–water partition coefficient (Wildman–Crippen LogP) is 12.0. The molecule has 0 bridgehead atoms. The molecule has 222 valence electrons. The van der Waals surface area contributed by atoms with Gasteiger partial charge in [-0.1, -0.05) is 115 Å². The molecule has 2 heteroatoms. The maximum absolute atomic E-state index is 5.14. The molecule has 0 atom stereocenters. The number of nitrogens with zero attached hydrogens (tertiary/aromatic N) is 2. The Morgan fingerprint density at radius 1 is 0.575 bits per heavy atom. The van der Waals surface area contributed by atoms with Crippen LogP contribution in [0.1, 0.15) is 152 Å². The van der Waals surface area contributed by atoms with Gasteiger partial charge in [0.1, 0.15) is 5.69 Å². The maximum Gasteiger partial charge on any atom is 0.196 e. The van der Waals surface area contributed by atoms with Crippen molar-refractivity contribution >= 4 is 11.8 Å². The molecule has 0 radical (unpaired) electrons. The lowest BCUT2D eigenvalue weighted by Crippen LogP contribution is -2.03. The molecule has 0 saturated heterocycles. The highest BCUT2D eigenvalue weighted by Gasteiger charge is 2.12. The van der Waals surface area contributed by atoms with E-state index in [9.17, 15) is 0 Å². The van der Waals surface area contributed by atoms with Crippen LogP contribution in [-0.2, 0) is 32.1 Å². The van der Waals surface area contributed by atoms with Gasteiger partial charge >= 0.3 is 0 Å². The fourth-order valence-corrected chi connectivity index (χ4v) is 5.69. The largest absolute Gasteiger partial charge is 0.196 e. The van der Waals surface area contributed by atoms with Crippen molar-refractivity contribution in [3.8, 4) is 0 Å². The van der Waals surface area contributed by atoms with Crippen molar-refractivity contribution in [2.24, 2.45) is 5.11 Å². The molecule has 0 unspecified atom stereocenters. The Morgan fingerprint density at radius 3 is 1.77 bits per heavy atom. The van der Waals surface area contributed by atoms with E-state index in [0.717, 1.165) is 25.1 Å². The van der Waals surface area contributed by atoms with Crippen molar-refractivity contribution in [3.05, 3.63) is 69.9 Å². The Balaban J connectivity index is 2.30. The van der Waals surface area contributed by atoms with Gasteiger partial charge in [-0.05, 0) is 109 Å². The van der Waals surface area contributed by atoms with Crippen LogP contribution in [0.25, 0.3) is 6.08 Å². The lowest BCUT2D eigenvalue weighted by Gasteiger charge is -2.15. The van der Waals surface area contributed by atoms with Gasteiger partial charge in [0.25, 0.3) is 0 Å². The van der Waals surface area contributed by atoms with Crippen molar-refractivity contribution in [2.45, 2.75) is 151 Å². The van der Waals surface area contributed by atoms with Crippen LogP contribution in [0.5, 0.6) is 0 Å². The standard InChI is InChI=1S/C38H61N2/c1-7-13-16-19-22-33-27-32(10-4)28-34(29-33)25-26-40(12-6)39-37-30-35(11-5)38(24-21-18-15-9-3)36(31-37)23-20-17-14-8-2/h25-31H,7-24H2,1-6H3/q+1. The zero-order valence-electron chi connectivity index (χ0n) is 27.2. The average molecular weight is 546 g/mol. The Bertz CT molecular complexity index is 1030. The van der Waals surface area contributed by atoms with Gasteiger partial charge in [0.15, 0.2) is 12.7 Å². The molecule has 2 aromatic rings. The van der Waals surface area contributed by atoms with Gasteiger partial charge in [0.05, 0.1) is 0 Å². The summed E-state index contributed by atoms with van der Waals surface area (Å²) in [6.07, 6.45) is 26.0. The highest BCUT2D eigenvalue weighted by Crippen LogP contribution is 2.28. The second-order valence-electron chi connectivity index (χ2n) is 11.6. The van der Waals surface area contributed by atoms with Gasteiger partial charge in [0, 0.05) is 6.08 Å². The van der Waals surface area contributed by atoms with Crippen LogP contribution in [0.15, 0.2) is 41.6 Å². The summed E-state index contributed by atoms with van der Waals surface area (Å²) < 4.78 is 2.12. The lowest BCUT2D eigenvalue weighted by atomic mass is 9.91. The number of unbranched alkanes of at least 4 members (excludes halogenated alkanes) is 9. The first-order valence-electron chi connectivity index (χ1n) is 17.0.